The van der Waals surface area contributed by atoms with Crippen LogP contribution in [0.15, 0.2) is 18.2 Å². The molecule has 1 fully saturated rings. The maximum absolute atomic E-state index is 2.52. The summed E-state index contributed by atoms with van der Waals surface area (Å²) in [6, 6.07) is 6.91. The van der Waals surface area contributed by atoms with E-state index >= 15 is 0 Å². The predicted octanol–water partition coefficient (Wildman–Crippen LogP) is 3.73. The van der Waals surface area contributed by atoms with Crippen molar-refractivity contribution in [1.82, 2.24) is 4.90 Å². The van der Waals surface area contributed by atoms with Gasteiger partial charge >= 0.3 is 0 Å². The molecule has 108 valence electrons. The molecule has 1 saturated heterocycles. The minimum Gasteiger partial charge on any atom is -0.369 e. The van der Waals surface area contributed by atoms with E-state index in [1.807, 2.05) is 13.8 Å². The lowest BCUT2D eigenvalue weighted by Gasteiger charge is -2.35. The molecule has 0 unspecified atom stereocenters. The van der Waals surface area contributed by atoms with Gasteiger partial charge in [-0.15, -0.1) is 0 Å². The van der Waals surface area contributed by atoms with Crippen LogP contribution in [0.2, 0.25) is 0 Å². The van der Waals surface area contributed by atoms with Crippen LogP contribution in [0.1, 0.15) is 38.8 Å². The van der Waals surface area contributed by atoms with Gasteiger partial charge in [-0.05, 0) is 43.1 Å². The highest BCUT2D eigenvalue weighted by atomic mass is 15.3. The second-order valence-corrected chi connectivity index (χ2v) is 4.89. The number of nitrogens with zero attached hydrogens (tertiary/aromatic N) is 2. The maximum Gasteiger partial charge on any atom is 0.0370 e. The Bertz CT molecular complexity index is 366. The van der Waals surface area contributed by atoms with Crippen molar-refractivity contribution in [1.29, 1.82) is 0 Å². The Kier molecular flexibility index (Phi) is 6.93. The number of aryl methyl sites for hydroxylation is 2. The molecule has 1 aromatic rings. The van der Waals surface area contributed by atoms with Crippen LogP contribution in [0.4, 0.5) is 5.69 Å². The average Bonchev–Trinajstić information content (AvgIpc) is 2.50. The maximum atomic E-state index is 2.52. The smallest absolute Gasteiger partial charge is 0.0370 e. The highest BCUT2D eigenvalue weighted by molar-refractivity contribution is 5.51. The van der Waals surface area contributed by atoms with Crippen LogP contribution in [0.5, 0.6) is 0 Å². The van der Waals surface area contributed by atoms with Crippen LogP contribution >= 0.6 is 0 Å². The molecule has 0 radical (unpaired) electrons. The third-order valence-electron chi connectivity index (χ3n) is 3.90. The molecule has 2 heteroatoms. The summed E-state index contributed by atoms with van der Waals surface area (Å²) in [7, 11) is 0. The van der Waals surface area contributed by atoms with E-state index in [1.165, 1.54) is 49.5 Å². The van der Waals surface area contributed by atoms with Crippen molar-refractivity contribution >= 4 is 5.69 Å². The number of hydrogen-bond donors (Lipinski definition) is 0. The van der Waals surface area contributed by atoms with Gasteiger partial charge in [-0.3, -0.25) is 0 Å². The average molecular weight is 262 g/mol. The van der Waals surface area contributed by atoms with Gasteiger partial charge in [-0.1, -0.05) is 33.8 Å². The minimum absolute atomic E-state index is 1.13. The van der Waals surface area contributed by atoms with Gasteiger partial charge in [-0.25, -0.2) is 0 Å². The van der Waals surface area contributed by atoms with Crippen LogP contribution in [0.3, 0.4) is 0 Å². The largest absolute Gasteiger partial charge is 0.369 e. The Balaban J connectivity index is 0.000000861. The van der Waals surface area contributed by atoms with Crippen molar-refractivity contribution < 1.29 is 0 Å². The lowest BCUT2D eigenvalue weighted by molar-refractivity contribution is 0.271. The normalized spacial score (nSPS) is 15.9. The van der Waals surface area contributed by atoms with Gasteiger partial charge in [0.2, 0.25) is 0 Å². The molecule has 19 heavy (non-hydrogen) atoms. The molecule has 0 N–H and O–H groups in total. The number of benzene rings is 1. The quantitative estimate of drug-likeness (QED) is 0.819. The second-order valence-electron chi connectivity index (χ2n) is 4.89. The van der Waals surface area contributed by atoms with E-state index in [2.05, 4.69) is 48.8 Å². The van der Waals surface area contributed by atoms with Gasteiger partial charge < -0.3 is 9.80 Å². The summed E-state index contributed by atoms with van der Waals surface area (Å²) < 4.78 is 0. The number of anilines is 1. The number of piperazine rings is 1. The highest BCUT2D eigenvalue weighted by Gasteiger charge is 2.16. The van der Waals surface area contributed by atoms with E-state index in [9.17, 15) is 0 Å². The molecule has 2 nitrogen and oxygen atoms in total. The summed E-state index contributed by atoms with van der Waals surface area (Å²) in [4.78, 5) is 5.04. The fraction of sp³-hybridized carbons (Fsp3) is 0.647. The van der Waals surface area contributed by atoms with Gasteiger partial charge in [-0.2, -0.15) is 0 Å². The molecule has 0 aliphatic carbocycles. The Morgan fingerprint density at radius 3 is 2.16 bits per heavy atom. The van der Waals surface area contributed by atoms with Crippen molar-refractivity contribution in [3.63, 3.8) is 0 Å². The van der Waals surface area contributed by atoms with Gasteiger partial charge in [0.05, 0.1) is 0 Å². The van der Waals surface area contributed by atoms with Crippen LogP contribution in [0.25, 0.3) is 0 Å². The van der Waals surface area contributed by atoms with E-state index in [4.69, 9.17) is 0 Å². The summed E-state index contributed by atoms with van der Waals surface area (Å²) in [6.45, 7) is 16.6. The molecule has 0 saturated carbocycles. The van der Waals surface area contributed by atoms with E-state index in [1.54, 1.807) is 0 Å². The molecule has 1 heterocycles. The van der Waals surface area contributed by atoms with Crippen LogP contribution in [-0.4, -0.2) is 37.6 Å². The third kappa shape index (κ3) is 4.24. The standard InChI is InChI=1S/C15H24N2.C2H6/c1-4-14-12-15(7-6-13(14)3)17-10-8-16(5-2)9-11-17;1-2/h6-7,12H,4-5,8-11H2,1-3H3;1-2H3. The first kappa shape index (κ1) is 16.0. The Hall–Kier alpha value is -1.02. The van der Waals surface area contributed by atoms with Crippen LogP contribution < -0.4 is 4.90 Å². The predicted molar refractivity (Wildman–Crippen MR) is 86.2 cm³/mol. The van der Waals surface area contributed by atoms with E-state index in [0.717, 1.165) is 6.42 Å². The molecule has 1 aromatic carbocycles. The zero-order valence-corrected chi connectivity index (χ0v) is 13.4. The van der Waals surface area contributed by atoms with Gasteiger partial charge in [0.25, 0.3) is 0 Å². The van der Waals surface area contributed by atoms with Crippen molar-refractivity contribution in [3.05, 3.63) is 29.3 Å². The summed E-state index contributed by atoms with van der Waals surface area (Å²) in [5.74, 6) is 0. The zero-order chi connectivity index (χ0) is 14.3. The molecule has 0 amide bonds. The fourth-order valence-electron chi connectivity index (χ4n) is 2.56. The number of hydrogen-bond acceptors (Lipinski definition) is 2. The topological polar surface area (TPSA) is 6.48 Å². The van der Waals surface area contributed by atoms with Crippen LogP contribution in [-0.2, 0) is 6.42 Å². The second kappa shape index (κ2) is 8.21. The molecule has 2 rings (SSSR count). The molecular formula is C17H30N2. The summed E-state index contributed by atoms with van der Waals surface area (Å²) in [6.07, 6.45) is 1.13. The van der Waals surface area contributed by atoms with E-state index in [0.29, 0.717) is 0 Å². The molecular weight excluding hydrogens is 232 g/mol. The Morgan fingerprint density at radius 2 is 1.63 bits per heavy atom. The molecule has 0 bridgehead atoms. The fourth-order valence-corrected chi connectivity index (χ4v) is 2.56. The summed E-state index contributed by atoms with van der Waals surface area (Å²) >= 11 is 0. The highest BCUT2D eigenvalue weighted by Crippen LogP contribution is 2.21. The molecule has 0 spiro atoms. The van der Waals surface area contributed by atoms with Gasteiger partial charge in [0, 0.05) is 31.9 Å². The van der Waals surface area contributed by atoms with Crippen molar-refractivity contribution in [2.24, 2.45) is 0 Å². The lowest BCUT2D eigenvalue weighted by Crippen LogP contribution is -2.46. The Labute approximate surface area is 119 Å². The van der Waals surface area contributed by atoms with Crippen molar-refractivity contribution in [2.45, 2.75) is 41.0 Å². The molecule has 0 atom stereocenters. The monoisotopic (exact) mass is 262 g/mol. The zero-order valence-electron chi connectivity index (χ0n) is 13.4. The Morgan fingerprint density at radius 1 is 1.00 bits per heavy atom. The molecule has 0 aromatic heterocycles. The summed E-state index contributed by atoms with van der Waals surface area (Å²) in [5.41, 5.74) is 4.31. The van der Waals surface area contributed by atoms with Crippen molar-refractivity contribution in [3.8, 4) is 0 Å². The number of rotatable bonds is 3. The third-order valence-corrected chi connectivity index (χ3v) is 3.90. The first-order chi connectivity index (χ1) is 9.24. The number of likely N-dealkylation sites (N-methyl/N-ethyl adjacent to an activating group) is 1. The first-order valence-corrected chi connectivity index (χ1v) is 7.81. The van der Waals surface area contributed by atoms with Crippen molar-refractivity contribution in [2.75, 3.05) is 37.6 Å². The van der Waals surface area contributed by atoms with Gasteiger partial charge in [0.15, 0.2) is 0 Å². The van der Waals surface area contributed by atoms with E-state index < -0.39 is 0 Å². The summed E-state index contributed by atoms with van der Waals surface area (Å²) in [5, 5.41) is 0. The lowest BCUT2D eigenvalue weighted by atomic mass is 10.0. The van der Waals surface area contributed by atoms with E-state index in [-0.39, 0.29) is 0 Å². The SMILES string of the molecule is CC.CCc1cc(N2CCN(CC)CC2)ccc1C. The van der Waals surface area contributed by atoms with Gasteiger partial charge in [0.1, 0.15) is 0 Å². The first-order valence-electron chi connectivity index (χ1n) is 7.81. The minimum atomic E-state index is 1.13. The van der Waals surface area contributed by atoms with Crippen LogP contribution in [0, 0.1) is 6.92 Å². The molecule has 1 aliphatic heterocycles. The molecule has 1 aliphatic rings.